The minimum atomic E-state index is -0.358. The molecule has 0 atom stereocenters. The van der Waals surface area contributed by atoms with Crippen molar-refractivity contribution in [2.75, 3.05) is 7.11 Å². The predicted octanol–water partition coefficient (Wildman–Crippen LogP) is 21.8. The monoisotopic (exact) mass is 1720 g/mol. The lowest BCUT2D eigenvalue weighted by molar-refractivity contribution is 0.415. The lowest BCUT2D eigenvalue weighted by Gasteiger charge is -2.10. The van der Waals surface area contributed by atoms with Crippen LogP contribution in [0.1, 0.15) is 91.7 Å². The molecule has 21 nitrogen and oxygen atoms in total. The number of benzene rings is 10. The van der Waals surface area contributed by atoms with Crippen LogP contribution in [0, 0.1) is 88.9 Å². The Morgan fingerprint density at radius 2 is 0.608 bits per heavy atom. The number of halogens is 1. The van der Waals surface area contributed by atoms with Crippen LogP contribution in [0.4, 0.5) is 4.39 Å². The van der Waals surface area contributed by atoms with Crippen molar-refractivity contribution in [1.29, 1.82) is 0 Å². The highest BCUT2D eigenvalue weighted by Gasteiger charge is 2.26. The number of hydrogen-bond donors (Lipinski definition) is 5. The van der Waals surface area contributed by atoms with E-state index < -0.39 is 0 Å². The van der Waals surface area contributed by atoms with Crippen LogP contribution in [0.5, 0.6) is 5.75 Å². The zero-order chi connectivity index (χ0) is 91.0. The van der Waals surface area contributed by atoms with E-state index in [4.69, 9.17) is 4.74 Å². The third-order valence-electron chi connectivity index (χ3n) is 23.6. The molecule has 10 heterocycles. The van der Waals surface area contributed by atoms with Gasteiger partial charge in [0.05, 0.1) is 91.9 Å². The molecule has 10 aromatic carbocycles. The number of hydrogen-bond acceptors (Lipinski definition) is 11. The zero-order valence-corrected chi connectivity index (χ0v) is 74.7. The van der Waals surface area contributed by atoms with Crippen LogP contribution >= 0.6 is 0 Å². The Morgan fingerprint density at radius 3 is 0.938 bits per heavy atom. The number of rotatable bonds is 12. The molecule has 0 unspecified atom stereocenters. The lowest BCUT2D eigenvalue weighted by Crippen LogP contribution is -2.15. The van der Waals surface area contributed by atoms with Crippen molar-refractivity contribution in [3.8, 4) is 118 Å². The molecule has 0 saturated heterocycles. The summed E-state index contributed by atoms with van der Waals surface area (Å²) in [5.41, 5.74) is 32.1. The minimum absolute atomic E-state index is 0.0431. The topological polar surface area (TPSA) is 260 Å². The van der Waals surface area contributed by atoms with Gasteiger partial charge in [-0.25, -0.2) is 51.9 Å². The molecule has 5 N–H and O–H groups in total. The second-order valence-corrected chi connectivity index (χ2v) is 32.7. The van der Waals surface area contributed by atoms with Crippen molar-refractivity contribution in [3.05, 3.63) is 409 Å². The average Bonchev–Trinajstić information content (AvgIpc) is 1.62. The molecule has 130 heavy (non-hydrogen) atoms. The van der Waals surface area contributed by atoms with Gasteiger partial charge >= 0.3 is 0 Å². The largest absolute Gasteiger partial charge is 0.497 e. The molecular formula is C108H96FN15O6. The summed E-state index contributed by atoms with van der Waals surface area (Å²) in [6, 6.07) is 84.4. The Labute approximate surface area is 748 Å². The first kappa shape index (κ1) is 85.9. The molecule has 1 aliphatic rings. The van der Waals surface area contributed by atoms with Crippen LogP contribution < -0.4 is 31.9 Å². The number of allylic oxidation sites excluding steroid dienone is 1. The summed E-state index contributed by atoms with van der Waals surface area (Å²) in [5, 5.41) is 16.7. The Bertz CT molecular complexity index is 8090. The zero-order valence-electron chi connectivity index (χ0n) is 74.7. The molecule has 21 rings (SSSR count). The number of H-pyrrole nitrogens is 5. The van der Waals surface area contributed by atoms with Gasteiger partial charge in [0.1, 0.15) is 11.6 Å². The van der Waals surface area contributed by atoms with Gasteiger partial charge in [0.2, 0.25) is 55.4 Å². The Balaban J connectivity index is 0.000000114. The molecule has 0 saturated carbocycles. The molecule has 0 fully saturated rings. The number of imidazole rings is 5. The van der Waals surface area contributed by atoms with E-state index in [9.17, 15) is 28.4 Å². The quantitative estimate of drug-likeness (QED) is 0.0768. The standard InChI is InChI=1S/C23H19N3O.C22H21N3O.C21H18FN3O.C21H19N3O2.C21H19N3O/c1-14-20(19-12-11-16-9-6-10-18(16)13-19)22(27)23-24-15(2)21(26(23)25-14)17-7-4-3-5-8-17;1-4-16-10-12-17(13-11-16)19-14(2)24-25-20(18-8-6-5-7-9-18)15(3)23-22(25)21(19)26;1-12-9-16(11-17(22)10-12)18-13(2)24-25-19(15-7-5-4-6-8-15)14(3)23-21(25)20(18)26;1-13-18(16-10-7-11-17(12-16)26-3)20(25)21-22-14(2)19(24(21)23-13)15-8-5-4-6-9-15;1-13-8-7-11-17(12-13)18-14(2)23-24-19(16-9-5-4-6-10-16)15(3)22-21(24)20(18)25/h3-8,10-13,25H,9H2,1-2H3;5-13,24H,4H2,1-3H3;4-11,24H,1-3H3;4-12,23H,1-3H3;4-12,23H,1-3H3. The van der Waals surface area contributed by atoms with E-state index >= 15 is 0 Å². The third kappa shape index (κ3) is 16.4. The second kappa shape index (κ2) is 36.0. The van der Waals surface area contributed by atoms with Crippen LogP contribution in [-0.4, -0.2) is 80.1 Å². The van der Waals surface area contributed by atoms with E-state index in [2.05, 4.69) is 93.8 Å². The highest BCUT2D eigenvalue weighted by Crippen LogP contribution is 2.35. The van der Waals surface area contributed by atoms with Gasteiger partial charge in [-0.2, -0.15) is 0 Å². The average molecular weight is 1720 g/mol. The summed E-state index contributed by atoms with van der Waals surface area (Å²) in [6.45, 7) is 25.1. The number of aryl methyl sites for hydroxylation is 13. The Kier molecular flexibility index (Phi) is 23.8. The fourth-order valence-electron chi connectivity index (χ4n) is 17.7. The summed E-state index contributed by atoms with van der Waals surface area (Å²) >= 11 is 0. The molecule has 0 radical (unpaired) electrons. The molecule has 1 aliphatic carbocycles. The van der Waals surface area contributed by atoms with Gasteiger partial charge in [-0.1, -0.05) is 255 Å². The summed E-state index contributed by atoms with van der Waals surface area (Å²) in [7, 11) is 1.61. The summed E-state index contributed by atoms with van der Waals surface area (Å²) in [5.74, 6) is 0.355. The van der Waals surface area contributed by atoms with Crippen LogP contribution in [0.2, 0.25) is 0 Å². The third-order valence-corrected chi connectivity index (χ3v) is 23.6. The molecule has 646 valence electrons. The number of nitrogens with one attached hydrogen (secondary N) is 5. The van der Waals surface area contributed by atoms with Gasteiger partial charge in [0.25, 0.3) is 0 Å². The SMILES string of the molecule is CCc1ccc(-c2c(C)[nH]n3c(-c4ccccc4)c(C)nc3c2=O)cc1.COc1cccc(-c2c(C)[nH]n3c(-c4ccccc4)c(C)nc3c2=O)c1.Cc1cc(F)cc(-c2c(C)[nH]n3c(-c4ccccc4)c(C)nc3c2=O)c1.Cc1cccc(-c2c(C)[nH]n3c(-c4ccccc4)c(C)nc3c2=O)c1.Cc1nc2c(=O)c(-c3ccc4c(c3)C=CC4)c(C)[nH]n2c1-c1ccccc1. The van der Waals surface area contributed by atoms with Gasteiger partial charge < -0.3 is 4.74 Å². The van der Waals surface area contributed by atoms with E-state index in [0.717, 1.165) is 154 Å². The highest BCUT2D eigenvalue weighted by molar-refractivity contribution is 5.81. The van der Waals surface area contributed by atoms with Gasteiger partial charge in [0, 0.05) is 56.3 Å². The highest BCUT2D eigenvalue weighted by atomic mass is 19.1. The van der Waals surface area contributed by atoms with Gasteiger partial charge in [0.15, 0.2) is 0 Å². The van der Waals surface area contributed by atoms with Gasteiger partial charge in [-0.05, 0) is 176 Å². The van der Waals surface area contributed by atoms with E-state index in [1.807, 2.05) is 321 Å². The predicted molar refractivity (Wildman–Crippen MR) is 519 cm³/mol. The Morgan fingerprint density at radius 1 is 0.308 bits per heavy atom. The van der Waals surface area contributed by atoms with Crippen LogP contribution in [0.25, 0.3) is 146 Å². The van der Waals surface area contributed by atoms with Crippen molar-refractivity contribution < 1.29 is 9.13 Å². The smallest absolute Gasteiger partial charge is 0.232 e. The van der Waals surface area contributed by atoms with E-state index in [1.165, 1.54) is 28.8 Å². The number of ether oxygens (including phenoxy) is 1. The summed E-state index contributed by atoms with van der Waals surface area (Å²) in [6.07, 6.45) is 6.21. The summed E-state index contributed by atoms with van der Waals surface area (Å²) in [4.78, 5) is 88.8. The maximum atomic E-state index is 13.8. The van der Waals surface area contributed by atoms with Crippen molar-refractivity contribution >= 4 is 34.3 Å². The lowest BCUT2D eigenvalue weighted by atomic mass is 9.99. The molecule has 10 aromatic heterocycles. The number of aromatic amines is 5. The number of nitrogens with zero attached hydrogens (tertiary/aromatic N) is 10. The normalized spacial score (nSPS) is 11.5. The van der Waals surface area contributed by atoms with Crippen LogP contribution in [0.15, 0.2) is 291 Å². The molecule has 0 aliphatic heterocycles. The fraction of sp³-hybridized carbons (Fsp3) is 0.148. The first-order chi connectivity index (χ1) is 62.8. The second-order valence-electron chi connectivity index (χ2n) is 32.7. The molecular weight excluding hydrogens is 1620 g/mol. The number of fused-ring (bicyclic) bond motifs is 6. The molecule has 0 spiro atoms. The maximum Gasteiger partial charge on any atom is 0.232 e. The molecule has 0 amide bonds. The van der Waals surface area contributed by atoms with E-state index in [0.29, 0.717) is 73.1 Å². The fourth-order valence-corrected chi connectivity index (χ4v) is 17.7. The number of aromatic nitrogens is 15. The first-order valence-corrected chi connectivity index (χ1v) is 43.1. The first-order valence-electron chi connectivity index (χ1n) is 43.1. The van der Waals surface area contributed by atoms with Crippen LogP contribution in [0.3, 0.4) is 0 Å². The van der Waals surface area contributed by atoms with Crippen molar-refractivity contribution in [2.45, 2.75) is 103 Å². The van der Waals surface area contributed by atoms with Gasteiger partial charge in [-0.3, -0.25) is 49.5 Å². The van der Waals surface area contributed by atoms with Crippen molar-refractivity contribution in [2.24, 2.45) is 0 Å². The van der Waals surface area contributed by atoms with E-state index in [1.54, 1.807) is 16.1 Å². The molecule has 20 aromatic rings. The van der Waals surface area contributed by atoms with Gasteiger partial charge in [-0.15, -0.1) is 0 Å². The maximum absolute atomic E-state index is 13.8. The Hall–Kier alpha value is -16.2. The van der Waals surface area contributed by atoms with Crippen LogP contribution in [-0.2, 0) is 12.8 Å². The minimum Gasteiger partial charge on any atom is -0.497 e. The van der Waals surface area contributed by atoms with E-state index in [-0.39, 0.29) is 33.0 Å². The summed E-state index contributed by atoms with van der Waals surface area (Å²) < 4.78 is 28.1. The molecule has 0 bridgehead atoms. The van der Waals surface area contributed by atoms with Crippen molar-refractivity contribution in [3.63, 3.8) is 0 Å². The number of methoxy groups -OCH3 is 1. The molecule has 22 heteroatoms. The van der Waals surface area contributed by atoms with Crippen molar-refractivity contribution in [1.82, 2.24) is 73.0 Å².